The van der Waals surface area contributed by atoms with Crippen molar-refractivity contribution < 1.29 is 14.5 Å². The van der Waals surface area contributed by atoms with Crippen LogP contribution in [-0.2, 0) is 18.0 Å². The molecule has 0 saturated carbocycles. The van der Waals surface area contributed by atoms with Crippen molar-refractivity contribution in [2.24, 2.45) is 0 Å². The number of ether oxygens (including phenoxy) is 1. The van der Waals surface area contributed by atoms with Crippen LogP contribution >= 0.6 is 0 Å². The van der Waals surface area contributed by atoms with E-state index in [1.54, 1.807) is 13.1 Å². The van der Waals surface area contributed by atoms with Gasteiger partial charge in [-0.05, 0) is 6.92 Å². The first-order valence-electron chi connectivity index (χ1n) is 6.09. The summed E-state index contributed by atoms with van der Waals surface area (Å²) in [5, 5.41) is 21.3. The molecule has 0 aromatic carbocycles. The number of hydrogen-bond donors (Lipinski definition) is 1. The van der Waals surface area contributed by atoms with E-state index in [9.17, 15) is 14.9 Å². The van der Waals surface area contributed by atoms with Crippen molar-refractivity contribution in [1.29, 1.82) is 0 Å². The Morgan fingerprint density at radius 1 is 1.48 bits per heavy atom. The first-order valence-corrected chi connectivity index (χ1v) is 6.09. The number of nitro groups is 1. The predicted octanol–water partition coefficient (Wildman–Crippen LogP) is 0.864. The molecule has 0 spiro atoms. The van der Waals surface area contributed by atoms with Gasteiger partial charge in [-0.3, -0.25) is 19.6 Å². The summed E-state index contributed by atoms with van der Waals surface area (Å²) in [5.41, 5.74) is -0.169. The quantitative estimate of drug-likeness (QED) is 0.623. The molecule has 2 rings (SSSR count). The van der Waals surface area contributed by atoms with E-state index >= 15 is 0 Å². The first kappa shape index (κ1) is 14.7. The minimum absolute atomic E-state index is 0.235. The summed E-state index contributed by atoms with van der Waals surface area (Å²) < 4.78 is 7.68. The molecule has 112 valence electrons. The maximum atomic E-state index is 12.1. The molecule has 0 fully saturated rings. The van der Waals surface area contributed by atoms with Gasteiger partial charge in [0.2, 0.25) is 5.69 Å². The molecular weight excluding hydrogens is 280 g/mol. The molecule has 0 bridgehead atoms. The number of carbonyl (C=O) groups is 1. The highest BCUT2D eigenvalue weighted by Crippen LogP contribution is 2.18. The summed E-state index contributed by atoms with van der Waals surface area (Å²) in [6.07, 6.45) is 4.19. The van der Waals surface area contributed by atoms with Gasteiger partial charge >= 0.3 is 5.69 Å². The molecule has 21 heavy (non-hydrogen) atoms. The molecule has 2 aromatic rings. The van der Waals surface area contributed by atoms with Gasteiger partial charge in [0.05, 0.1) is 23.0 Å². The lowest BCUT2D eigenvalue weighted by Gasteiger charge is -1.99. The Morgan fingerprint density at radius 2 is 2.24 bits per heavy atom. The van der Waals surface area contributed by atoms with Crippen molar-refractivity contribution in [3.63, 3.8) is 0 Å². The number of hydrogen-bond acceptors (Lipinski definition) is 6. The van der Waals surface area contributed by atoms with Crippen LogP contribution in [0.4, 0.5) is 11.4 Å². The molecule has 0 atom stereocenters. The summed E-state index contributed by atoms with van der Waals surface area (Å²) >= 11 is 0. The second-order valence-electron chi connectivity index (χ2n) is 4.12. The Morgan fingerprint density at radius 3 is 2.86 bits per heavy atom. The van der Waals surface area contributed by atoms with Gasteiger partial charge in [0.15, 0.2) is 0 Å². The Kier molecular flexibility index (Phi) is 4.28. The first-order chi connectivity index (χ1) is 10.0. The molecule has 0 aliphatic heterocycles. The normalized spacial score (nSPS) is 10.6. The fraction of sp³-hybridized carbons (Fsp3) is 0.364. The summed E-state index contributed by atoms with van der Waals surface area (Å²) in [6.45, 7) is 2.44. The van der Waals surface area contributed by atoms with E-state index in [1.165, 1.54) is 28.9 Å². The highest BCUT2D eigenvalue weighted by Gasteiger charge is 2.25. The minimum Gasteiger partial charge on any atom is -0.362 e. The zero-order chi connectivity index (χ0) is 15.4. The van der Waals surface area contributed by atoms with Gasteiger partial charge in [0.25, 0.3) is 5.91 Å². The highest BCUT2D eigenvalue weighted by atomic mass is 16.6. The lowest BCUT2D eigenvalue weighted by molar-refractivity contribution is -0.385. The van der Waals surface area contributed by atoms with Crippen LogP contribution in [0, 0.1) is 10.1 Å². The van der Waals surface area contributed by atoms with Crippen LogP contribution < -0.4 is 5.32 Å². The number of nitrogens with zero attached hydrogens (tertiary/aromatic N) is 5. The Balaban J connectivity index is 2.19. The van der Waals surface area contributed by atoms with Gasteiger partial charge in [0, 0.05) is 13.7 Å². The maximum Gasteiger partial charge on any atom is 0.320 e. The number of nitrogens with one attached hydrogen (secondary N) is 1. The van der Waals surface area contributed by atoms with E-state index in [4.69, 9.17) is 4.74 Å². The number of rotatable bonds is 6. The van der Waals surface area contributed by atoms with Crippen molar-refractivity contribution in [3.8, 4) is 0 Å². The Hall–Kier alpha value is -2.75. The van der Waals surface area contributed by atoms with Crippen LogP contribution in [-0.4, -0.2) is 37.5 Å². The molecule has 0 aliphatic rings. The van der Waals surface area contributed by atoms with Gasteiger partial charge in [-0.1, -0.05) is 0 Å². The van der Waals surface area contributed by atoms with Crippen LogP contribution in [0.15, 0.2) is 18.6 Å². The van der Waals surface area contributed by atoms with Crippen molar-refractivity contribution in [1.82, 2.24) is 19.6 Å². The highest BCUT2D eigenvalue weighted by molar-refractivity contribution is 6.05. The van der Waals surface area contributed by atoms with E-state index < -0.39 is 10.8 Å². The molecule has 10 heteroatoms. The van der Waals surface area contributed by atoms with Crippen LogP contribution in [0.25, 0.3) is 0 Å². The Labute approximate surface area is 119 Å². The number of methoxy groups -OCH3 is 1. The van der Waals surface area contributed by atoms with E-state index in [0.717, 1.165) is 0 Å². The van der Waals surface area contributed by atoms with Crippen molar-refractivity contribution in [2.45, 2.75) is 20.2 Å². The topological polar surface area (TPSA) is 117 Å². The van der Waals surface area contributed by atoms with Gasteiger partial charge < -0.3 is 10.1 Å². The third-order valence-corrected chi connectivity index (χ3v) is 2.63. The number of carbonyl (C=O) groups excluding carboxylic acids is 1. The lowest BCUT2D eigenvalue weighted by Crippen LogP contribution is -2.14. The van der Waals surface area contributed by atoms with Crippen molar-refractivity contribution >= 4 is 17.3 Å². The zero-order valence-electron chi connectivity index (χ0n) is 11.5. The van der Waals surface area contributed by atoms with Crippen LogP contribution in [0.3, 0.4) is 0 Å². The second kappa shape index (κ2) is 6.13. The maximum absolute atomic E-state index is 12.1. The number of anilines is 1. The molecule has 1 N–H and O–H groups in total. The molecule has 0 radical (unpaired) electrons. The van der Waals surface area contributed by atoms with Gasteiger partial charge in [-0.25, -0.2) is 4.68 Å². The summed E-state index contributed by atoms with van der Waals surface area (Å²) in [4.78, 5) is 22.4. The minimum atomic E-state index is -0.661. The third kappa shape index (κ3) is 3.23. The van der Waals surface area contributed by atoms with Crippen LogP contribution in [0.2, 0.25) is 0 Å². The predicted molar refractivity (Wildman–Crippen MR) is 71.7 cm³/mol. The summed E-state index contributed by atoms with van der Waals surface area (Å²) in [6, 6.07) is 0. The average Bonchev–Trinajstić information content (AvgIpc) is 3.05. The smallest absolute Gasteiger partial charge is 0.320 e. The second-order valence-corrected chi connectivity index (χ2v) is 4.12. The monoisotopic (exact) mass is 294 g/mol. The molecule has 1 amide bonds. The van der Waals surface area contributed by atoms with Crippen LogP contribution in [0.5, 0.6) is 0 Å². The molecule has 0 aliphatic carbocycles. The number of aryl methyl sites for hydroxylation is 1. The summed E-state index contributed by atoms with van der Waals surface area (Å²) in [5.74, 6) is -0.661. The molecular formula is C11H14N6O4. The molecule has 0 unspecified atom stereocenters. The van der Waals surface area contributed by atoms with Crippen molar-refractivity contribution in [2.75, 3.05) is 12.4 Å². The number of aromatic nitrogens is 4. The van der Waals surface area contributed by atoms with Gasteiger partial charge in [0.1, 0.15) is 12.9 Å². The molecule has 10 nitrogen and oxygen atoms in total. The molecule has 2 aromatic heterocycles. The van der Waals surface area contributed by atoms with Crippen LogP contribution in [0.1, 0.15) is 17.4 Å². The number of amides is 1. The van der Waals surface area contributed by atoms with E-state index in [1.807, 2.05) is 0 Å². The fourth-order valence-electron chi connectivity index (χ4n) is 1.69. The Bertz CT molecular complexity index is 661. The molecule has 0 saturated heterocycles. The average molecular weight is 294 g/mol. The largest absolute Gasteiger partial charge is 0.362 e. The summed E-state index contributed by atoms with van der Waals surface area (Å²) in [7, 11) is 1.51. The van der Waals surface area contributed by atoms with Gasteiger partial charge in [-0.2, -0.15) is 10.2 Å². The van der Waals surface area contributed by atoms with E-state index in [2.05, 4.69) is 15.5 Å². The molecule has 2 heterocycles. The standard InChI is InChI=1S/C11H14N6O4/c1-3-15-6-9(17(19)20)10(14-15)11(18)13-8-4-12-16(5-8)7-21-2/h4-6H,3,7H2,1-2H3,(H,13,18). The van der Waals surface area contributed by atoms with Crippen molar-refractivity contribution in [3.05, 3.63) is 34.4 Å². The third-order valence-electron chi connectivity index (χ3n) is 2.63. The zero-order valence-corrected chi connectivity index (χ0v) is 11.5. The van der Waals surface area contributed by atoms with E-state index in [0.29, 0.717) is 12.2 Å². The lowest BCUT2D eigenvalue weighted by atomic mass is 10.3. The van der Waals surface area contributed by atoms with Gasteiger partial charge in [-0.15, -0.1) is 0 Å². The fourth-order valence-corrected chi connectivity index (χ4v) is 1.69. The van der Waals surface area contributed by atoms with E-state index in [-0.39, 0.29) is 18.1 Å². The SMILES string of the molecule is CCn1cc([N+](=O)[O-])c(C(=O)Nc2cnn(COC)c2)n1.